The van der Waals surface area contributed by atoms with E-state index in [1.807, 2.05) is 26.0 Å². The maximum absolute atomic E-state index is 13.5. The van der Waals surface area contributed by atoms with Gasteiger partial charge in [0, 0.05) is 18.4 Å². The van der Waals surface area contributed by atoms with E-state index in [0.717, 1.165) is 37.9 Å². The van der Waals surface area contributed by atoms with E-state index >= 15 is 0 Å². The molecule has 5 rings (SSSR count). The van der Waals surface area contributed by atoms with Crippen LogP contribution in [0.4, 0.5) is 0 Å². The number of amides is 2. The Hall–Kier alpha value is -1.78. The first kappa shape index (κ1) is 21.1. The Bertz CT molecular complexity index is 862. The van der Waals surface area contributed by atoms with E-state index in [0.29, 0.717) is 30.2 Å². The first-order chi connectivity index (χ1) is 14.6. The molecule has 4 aliphatic rings. The van der Waals surface area contributed by atoms with Gasteiger partial charge in [-0.15, -0.1) is 0 Å². The van der Waals surface area contributed by atoms with E-state index < -0.39 is 5.54 Å². The number of nitrogens with one attached hydrogen (secondary N) is 2. The van der Waals surface area contributed by atoms with Gasteiger partial charge in [0.1, 0.15) is 5.76 Å². The van der Waals surface area contributed by atoms with E-state index in [-0.39, 0.29) is 28.6 Å². The van der Waals surface area contributed by atoms with E-state index in [1.165, 1.54) is 12.8 Å². The van der Waals surface area contributed by atoms with Gasteiger partial charge in [0.2, 0.25) is 11.8 Å². The highest BCUT2D eigenvalue weighted by Gasteiger charge is 2.61. The predicted molar refractivity (Wildman–Crippen MR) is 119 cm³/mol. The number of rotatable bonds is 3. The van der Waals surface area contributed by atoms with Crippen molar-refractivity contribution in [3.8, 4) is 0 Å². The molecule has 31 heavy (non-hydrogen) atoms. The van der Waals surface area contributed by atoms with Gasteiger partial charge < -0.3 is 15.1 Å². The molecule has 1 aliphatic heterocycles. The zero-order valence-electron chi connectivity index (χ0n) is 19.5. The first-order valence-electron chi connectivity index (χ1n) is 12.3. The monoisotopic (exact) mass is 426 g/mol. The van der Waals surface area contributed by atoms with E-state index in [9.17, 15) is 9.59 Å². The Kier molecular flexibility index (Phi) is 4.84. The fraction of sp³-hybridized carbons (Fsp3) is 0.769. The van der Waals surface area contributed by atoms with Crippen molar-refractivity contribution in [3.63, 3.8) is 0 Å². The van der Waals surface area contributed by atoms with Crippen molar-refractivity contribution in [1.82, 2.24) is 10.6 Å². The van der Waals surface area contributed by atoms with Gasteiger partial charge in [-0.25, -0.2) is 0 Å². The van der Waals surface area contributed by atoms with Crippen molar-refractivity contribution in [3.05, 3.63) is 24.2 Å². The van der Waals surface area contributed by atoms with Crippen LogP contribution >= 0.6 is 0 Å². The summed E-state index contributed by atoms with van der Waals surface area (Å²) in [7, 11) is 0. The molecule has 0 bridgehead atoms. The van der Waals surface area contributed by atoms with Crippen LogP contribution in [0.5, 0.6) is 0 Å². The molecule has 5 nitrogen and oxygen atoms in total. The van der Waals surface area contributed by atoms with Gasteiger partial charge in [-0.2, -0.15) is 0 Å². The molecule has 2 unspecified atom stereocenters. The molecule has 0 aromatic carbocycles. The lowest BCUT2D eigenvalue weighted by Gasteiger charge is -2.60. The third kappa shape index (κ3) is 3.17. The minimum atomic E-state index is -0.502. The number of carbonyl (C=O) groups is 2. The largest absolute Gasteiger partial charge is 0.467 e. The molecule has 2 amide bonds. The van der Waals surface area contributed by atoms with Crippen molar-refractivity contribution in [1.29, 1.82) is 0 Å². The predicted octanol–water partition coefficient (Wildman–Crippen LogP) is 4.77. The molecule has 1 aromatic heterocycles. The number of hydrogen-bond acceptors (Lipinski definition) is 3. The second kappa shape index (κ2) is 7.11. The molecule has 2 N–H and O–H groups in total. The summed E-state index contributed by atoms with van der Waals surface area (Å²) in [6, 6.07) is 4.16. The summed E-state index contributed by atoms with van der Waals surface area (Å²) in [4.78, 5) is 25.5. The molecule has 1 aromatic rings. The minimum absolute atomic E-state index is 0.0734. The van der Waals surface area contributed by atoms with Crippen LogP contribution in [0.1, 0.15) is 84.8 Å². The number of carbonyl (C=O) groups excluding carboxylic acids is 2. The van der Waals surface area contributed by atoms with Crippen molar-refractivity contribution < 1.29 is 14.0 Å². The molecule has 170 valence electrons. The average molecular weight is 427 g/mol. The summed E-state index contributed by atoms with van der Waals surface area (Å²) in [6.45, 7) is 8.87. The first-order valence-corrected chi connectivity index (χ1v) is 12.3. The molecule has 3 saturated carbocycles. The van der Waals surface area contributed by atoms with Gasteiger partial charge in [-0.05, 0) is 99.5 Å². The average Bonchev–Trinajstić information content (AvgIpc) is 3.36. The van der Waals surface area contributed by atoms with Crippen LogP contribution in [-0.2, 0) is 15.1 Å². The summed E-state index contributed by atoms with van der Waals surface area (Å²) in [5.74, 6) is 3.27. The van der Waals surface area contributed by atoms with Crippen molar-refractivity contribution in [2.24, 2.45) is 34.5 Å². The second-order valence-corrected chi connectivity index (χ2v) is 11.8. The summed E-state index contributed by atoms with van der Waals surface area (Å²) < 4.78 is 5.59. The van der Waals surface area contributed by atoms with Crippen LogP contribution in [0, 0.1) is 34.5 Å². The SMILES string of the molecule is CC(C)(NC(=O)C1CC[C@H]2[C@@H]3CCC4NC(=O)CC[C@]4(C)[C@@H]3CC[C@]12C)c1ccco1. The molecular weight excluding hydrogens is 388 g/mol. The Morgan fingerprint density at radius 2 is 1.87 bits per heavy atom. The lowest BCUT2D eigenvalue weighted by molar-refractivity contribution is -0.142. The Balaban J connectivity index is 1.34. The maximum atomic E-state index is 13.5. The molecule has 5 heteroatoms. The van der Waals surface area contributed by atoms with Gasteiger partial charge in [0.25, 0.3) is 0 Å². The summed E-state index contributed by atoms with van der Waals surface area (Å²) in [5, 5.41) is 6.62. The van der Waals surface area contributed by atoms with Gasteiger partial charge >= 0.3 is 0 Å². The number of fused-ring (bicyclic) bond motifs is 5. The molecule has 4 fully saturated rings. The molecule has 0 spiro atoms. The van der Waals surface area contributed by atoms with Crippen molar-refractivity contribution in [2.75, 3.05) is 0 Å². The molecular formula is C26H38N2O3. The van der Waals surface area contributed by atoms with Crippen LogP contribution in [0.2, 0.25) is 0 Å². The normalized spacial score (nSPS) is 42.2. The minimum Gasteiger partial charge on any atom is -0.467 e. The van der Waals surface area contributed by atoms with Crippen LogP contribution in [0.15, 0.2) is 22.8 Å². The smallest absolute Gasteiger partial charge is 0.224 e. The zero-order valence-corrected chi connectivity index (χ0v) is 19.5. The van der Waals surface area contributed by atoms with Crippen LogP contribution in [-0.4, -0.2) is 17.9 Å². The standard InChI is InChI=1S/C26H38N2O3/c1-24(2,21-6-5-15-31-21)28-23(30)19-9-8-17-16-7-10-20-26(4,14-12-22(29)27-20)18(16)11-13-25(17,19)3/h5-6,15-20H,7-14H2,1-4H3,(H,27,29)(H,28,30)/t16-,17-,18+,19?,20?,25-,26+/m0/s1. The quantitative estimate of drug-likeness (QED) is 0.731. The van der Waals surface area contributed by atoms with Gasteiger partial charge in [-0.3, -0.25) is 9.59 Å². The number of furan rings is 1. The highest BCUT2D eigenvalue weighted by atomic mass is 16.3. The third-order valence-corrected chi connectivity index (χ3v) is 9.98. The fourth-order valence-electron chi connectivity index (χ4n) is 8.22. The maximum Gasteiger partial charge on any atom is 0.224 e. The summed E-state index contributed by atoms with van der Waals surface area (Å²) in [6.07, 6.45) is 10.1. The van der Waals surface area contributed by atoms with Crippen LogP contribution in [0.25, 0.3) is 0 Å². The molecule has 7 atom stereocenters. The van der Waals surface area contributed by atoms with Crippen molar-refractivity contribution in [2.45, 2.75) is 90.6 Å². The van der Waals surface area contributed by atoms with Crippen LogP contribution < -0.4 is 10.6 Å². The Labute approximate surface area is 186 Å². The Morgan fingerprint density at radius 3 is 2.61 bits per heavy atom. The topological polar surface area (TPSA) is 71.3 Å². The molecule has 1 saturated heterocycles. The van der Waals surface area contributed by atoms with Crippen LogP contribution in [0.3, 0.4) is 0 Å². The lowest BCUT2D eigenvalue weighted by Crippen LogP contribution is -2.61. The van der Waals surface area contributed by atoms with E-state index in [4.69, 9.17) is 4.42 Å². The highest BCUT2D eigenvalue weighted by Crippen LogP contribution is 2.65. The molecule has 3 aliphatic carbocycles. The van der Waals surface area contributed by atoms with Gasteiger partial charge in [0.15, 0.2) is 0 Å². The second-order valence-electron chi connectivity index (χ2n) is 11.8. The molecule has 0 radical (unpaired) electrons. The Morgan fingerprint density at radius 1 is 1.10 bits per heavy atom. The van der Waals surface area contributed by atoms with Gasteiger partial charge in [-0.1, -0.05) is 13.8 Å². The van der Waals surface area contributed by atoms with E-state index in [2.05, 4.69) is 24.5 Å². The fourth-order valence-corrected chi connectivity index (χ4v) is 8.22. The zero-order chi connectivity index (χ0) is 22.0. The highest BCUT2D eigenvalue weighted by molar-refractivity contribution is 5.81. The number of hydrogen-bond donors (Lipinski definition) is 2. The molecule has 2 heterocycles. The van der Waals surface area contributed by atoms with E-state index in [1.54, 1.807) is 6.26 Å². The summed E-state index contributed by atoms with van der Waals surface area (Å²) in [5.41, 5.74) is -0.205. The summed E-state index contributed by atoms with van der Waals surface area (Å²) >= 11 is 0. The lowest BCUT2D eigenvalue weighted by atomic mass is 9.47. The third-order valence-electron chi connectivity index (χ3n) is 9.98. The number of piperidine rings is 1. The van der Waals surface area contributed by atoms with Crippen molar-refractivity contribution >= 4 is 11.8 Å². The van der Waals surface area contributed by atoms with Gasteiger partial charge in [0.05, 0.1) is 11.8 Å².